The predicted octanol–water partition coefficient (Wildman–Crippen LogP) is 1.78. The Balaban J connectivity index is 2.61. The molecule has 0 bridgehead atoms. The van der Waals surface area contributed by atoms with Crippen molar-refractivity contribution in [3.8, 4) is 6.19 Å². The minimum atomic E-state index is -0.523. The van der Waals surface area contributed by atoms with E-state index in [4.69, 9.17) is 26.7 Å². The van der Waals surface area contributed by atoms with Crippen molar-refractivity contribution in [2.45, 2.75) is 0 Å². The molecule has 0 fully saturated rings. The maximum atomic E-state index is 12.9. The van der Waals surface area contributed by atoms with Gasteiger partial charge in [0.2, 0.25) is 0 Å². The van der Waals surface area contributed by atoms with Gasteiger partial charge in [0.15, 0.2) is 6.19 Å². The van der Waals surface area contributed by atoms with Crippen LogP contribution < -0.4 is 4.90 Å². The molecule has 0 aromatic heterocycles. The summed E-state index contributed by atoms with van der Waals surface area (Å²) in [5.41, 5.74) is 0.506. The van der Waals surface area contributed by atoms with Gasteiger partial charge in [-0.2, -0.15) is 5.26 Å². The Kier molecular flexibility index (Phi) is 5.70. The second kappa shape index (κ2) is 7.07. The van der Waals surface area contributed by atoms with Gasteiger partial charge in [0, 0.05) is 0 Å². The highest BCUT2D eigenvalue weighted by Gasteiger charge is 2.08. The summed E-state index contributed by atoms with van der Waals surface area (Å²) in [7, 11) is 0. The van der Waals surface area contributed by atoms with Gasteiger partial charge in [-0.1, -0.05) is 11.6 Å². The molecule has 1 aromatic carbocycles. The van der Waals surface area contributed by atoms with E-state index in [0.29, 0.717) is 18.8 Å². The highest BCUT2D eigenvalue weighted by molar-refractivity contribution is 6.31. The number of rotatable bonds is 6. The first-order valence-electron chi connectivity index (χ1n) is 5.00. The third-order valence-electron chi connectivity index (χ3n) is 2.03. The first kappa shape index (κ1) is 13.7. The van der Waals surface area contributed by atoms with Crippen LogP contribution in [0, 0.1) is 17.3 Å². The highest BCUT2D eigenvalue weighted by Crippen LogP contribution is 2.22. The number of ether oxygens (including phenoxy) is 1. The van der Waals surface area contributed by atoms with Gasteiger partial charge < -0.3 is 9.84 Å². The molecule has 1 aromatic rings. The average Bonchev–Trinajstić information content (AvgIpc) is 2.33. The Morgan fingerprint density at radius 3 is 2.82 bits per heavy atom. The lowest BCUT2D eigenvalue weighted by Crippen LogP contribution is -2.22. The largest absolute Gasteiger partial charge is 0.394 e. The van der Waals surface area contributed by atoms with Gasteiger partial charge >= 0.3 is 0 Å². The summed E-state index contributed by atoms with van der Waals surface area (Å²) >= 11 is 5.62. The fourth-order valence-corrected chi connectivity index (χ4v) is 1.39. The van der Waals surface area contributed by atoms with E-state index in [9.17, 15) is 4.39 Å². The Morgan fingerprint density at radius 1 is 1.47 bits per heavy atom. The van der Waals surface area contributed by atoms with E-state index in [2.05, 4.69) is 0 Å². The molecule has 0 aliphatic heterocycles. The van der Waals surface area contributed by atoms with Gasteiger partial charge in [0.1, 0.15) is 5.82 Å². The molecule has 92 valence electrons. The van der Waals surface area contributed by atoms with Crippen molar-refractivity contribution >= 4 is 17.3 Å². The maximum Gasteiger partial charge on any atom is 0.184 e. The first-order chi connectivity index (χ1) is 8.19. The normalized spacial score (nSPS) is 10.0. The molecule has 1 N–H and O–H groups in total. The van der Waals surface area contributed by atoms with Crippen molar-refractivity contribution in [3.05, 3.63) is 29.0 Å². The summed E-state index contributed by atoms with van der Waals surface area (Å²) in [5.74, 6) is -0.523. The van der Waals surface area contributed by atoms with Crippen molar-refractivity contribution < 1.29 is 14.2 Å². The second-order valence-electron chi connectivity index (χ2n) is 3.19. The van der Waals surface area contributed by atoms with Gasteiger partial charge in [0.25, 0.3) is 0 Å². The lowest BCUT2D eigenvalue weighted by atomic mass is 10.3. The number of halogens is 2. The number of aliphatic hydroxyl groups is 1. The van der Waals surface area contributed by atoms with Crippen LogP contribution >= 0.6 is 11.6 Å². The zero-order valence-electron chi connectivity index (χ0n) is 9.07. The van der Waals surface area contributed by atoms with Crippen molar-refractivity contribution in [2.75, 3.05) is 31.3 Å². The zero-order chi connectivity index (χ0) is 12.7. The van der Waals surface area contributed by atoms with Crippen molar-refractivity contribution in [2.24, 2.45) is 0 Å². The van der Waals surface area contributed by atoms with E-state index in [0.717, 1.165) is 0 Å². The Bertz CT molecular complexity index is 409. The topological polar surface area (TPSA) is 56.5 Å². The molecule has 0 saturated heterocycles. The standard InChI is InChI=1S/C11H12ClFN2O2/c12-10-7-9(1-2-11(10)13)15(8-14)3-5-17-6-4-16/h1-2,7,16H,3-6H2. The Labute approximate surface area is 104 Å². The average molecular weight is 259 g/mol. The molecule has 0 saturated carbocycles. The first-order valence-corrected chi connectivity index (χ1v) is 5.37. The van der Waals surface area contributed by atoms with E-state index in [1.54, 1.807) is 0 Å². The molecule has 4 nitrogen and oxygen atoms in total. The summed E-state index contributed by atoms with van der Waals surface area (Å²) in [6, 6.07) is 4.05. The third kappa shape index (κ3) is 4.19. The van der Waals surface area contributed by atoms with Gasteiger partial charge in [-0.15, -0.1) is 0 Å². The van der Waals surface area contributed by atoms with Gasteiger partial charge in [-0.3, -0.25) is 4.90 Å². The summed E-state index contributed by atoms with van der Waals surface area (Å²) in [5, 5.41) is 17.4. The summed E-state index contributed by atoms with van der Waals surface area (Å²) in [6.07, 6.45) is 1.95. The Hall–Kier alpha value is -1.35. The fourth-order valence-electron chi connectivity index (χ4n) is 1.21. The van der Waals surface area contributed by atoms with E-state index in [1.165, 1.54) is 23.1 Å². The molecule has 0 amide bonds. The van der Waals surface area contributed by atoms with Crippen LogP contribution in [-0.4, -0.2) is 31.5 Å². The van der Waals surface area contributed by atoms with Crippen molar-refractivity contribution in [3.63, 3.8) is 0 Å². The molecule has 0 heterocycles. The molecular weight excluding hydrogens is 247 g/mol. The minimum absolute atomic E-state index is 0.0287. The fraction of sp³-hybridized carbons (Fsp3) is 0.364. The SMILES string of the molecule is N#CN(CCOCCO)c1ccc(F)c(Cl)c1. The molecule has 17 heavy (non-hydrogen) atoms. The molecule has 0 aliphatic carbocycles. The van der Waals surface area contributed by atoms with Crippen LogP contribution in [0.25, 0.3) is 0 Å². The van der Waals surface area contributed by atoms with Crippen LogP contribution in [0.3, 0.4) is 0 Å². The molecular formula is C11H12ClFN2O2. The molecule has 0 radical (unpaired) electrons. The predicted molar refractivity (Wildman–Crippen MR) is 62.3 cm³/mol. The van der Waals surface area contributed by atoms with E-state index in [1.807, 2.05) is 6.19 Å². The molecule has 0 spiro atoms. The minimum Gasteiger partial charge on any atom is -0.394 e. The highest BCUT2D eigenvalue weighted by atomic mass is 35.5. The van der Waals surface area contributed by atoms with Gasteiger partial charge in [0.05, 0.1) is 37.1 Å². The molecule has 6 heteroatoms. The number of anilines is 1. The zero-order valence-corrected chi connectivity index (χ0v) is 9.82. The van der Waals surface area contributed by atoms with E-state index >= 15 is 0 Å². The van der Waals surface area contributed by atoms with Gasteiger partial charge in [-0.05, 0) is 18.2 Å². The number of nitrogens with zero attached hydrogens (tertiary/aromatic N) is 2. The number of aliphatic hydroxyl groups excluding tert-OH is 1. The Morgan fingerprint density at radius 2 is 2.24 bits per heavy atom. The van der Waals surface area contributed by atoms with Crippen LogP contribution in [0.2, 0.25) is 5.02 Å². The van der Waals surface area contributed by atoms with E-state index < -0.39 is 5.82 Å². The molecule has 0 unspecified atom stereocenters. The van der Waals surface area contributed by atoms with Crippen LogP contribution in [-0.2, 0) is 4.74 Å². The van der Waals surface area contributed by atoms with Crippen LogP contribution in [0.1, 0.15) is 0 Å². The smallest absolute Gasteiger partial charge is 0.184 e. The molecule has 0 atom stereocenters. The van der Waals surface area contributed by atoms with Crippen molar-refractivity contribution in [1.82, 2.24) is 0 Å². The monoisotopic (exact) mass is 258 g/mol. The lowest BCUT2D eigenvalue weighted by molar-refractivity contribution is 0.0976. The molecule has 0 aliphatic rings. The summed E-state index contributed by atoms with van der Waals surface area (Å²) in [4.78, 5) is 1.34. The second-order valence-corrected chi connectivity index (χ2v) is 3.59. The molecule has 1 rings (SSSR count). The lowest BCUT2D eigenvalue weighted by Gasteiger charge is -2.15. The number of hydrogen-bond acceptors (Lipinski definition) is 4. The quantitative estimate of drug-likeness (QED) is 0.480. The van der Waals surface area contributed by atoms with Crippen molar-refractivity contribution in [1.29, 1.82) is 5.26 Å². The summed E-state index contributed by atoms with van der Waals surface area (Å²) < 4.78 is 18.0. The van der Waals surface area contributed by atoms with Crippen LogP contribution in [0.4, 0.5) is 10.1 Å². The van der Waals surface area contributed by atoms with Crippen LogP contribution in [0.5, 0.6) is 0 Å². The van der Waals surface area contributed by atoms with Gasteiger partial charge in [-0.25, -0.2) is 4.39 Å². The number of hydrogen-bond donors (Lipinski definition) is 1. The maximum absolute atomic E-state index is 12.9. The number of nitriles is 1. The van der Waals surface area contributed by atoms with E-state index in [-0.39, 0.29) is 18.2 Å². The number of benzene rings is 1. The van der Waals surface area contributed by atoms with Crippen LogP contribution in [0.15, 0.2) is 18.2 Å². The third-order valence-corrected chi connectivity index (χ3v) is 2.32. The summed E-state index contributed by atoms with van der Waals surface area (Å²) in [6.45, 7) is 0.778.